The van der Waals surface area contributed by atoms with Crippen LogP contribution in [0, 0.1) is 0 Å². The van der Waals surface area contributed by atoms with Crippen LogP contribution < -0.4 is 0 Å². The molecule has 0 unspecified atom stereocenters. The first-order chi connectivity index (χ1) is 12.6. The molecular formula is C21H31BrO4. The van der Waals surface area contributed by atoms with Gasteiger partial charge in [-0.2, -0.15) is 0 Å². The Kier molecular flexibility index (Phi) is 12.9. The van der Waals surface area contributed by atoms with E-state index in [0.717, 1.165) is 22.9 Å². The summed E-state index contributed by atoms with van der Waals surface area (Å²) >= 11 is 3.37. The van der Waals surface area contributed by atoms with E-state index in [-0.39, 0.29) is 31.4 Å². The molecule has 1 aromatic rings. The molecule has 146 valence electrons. The molecule has 1 rings (SSSR count). The molecule has 0 aliphatic carbocycles. The zero-order chi connectivity index (χ0) is 19.0. The minimum Gasteiger partial charge on any atom is -0.466 e. The first-order valence-corrected chi connectivity index (χ1v) is 10.5. The minimum atomic E-state index is -0.381. The summed E-state index contributed by atoms with van der Waals surface area (Å²) in [6, 6.07) is 7.57. The molecule has 0 N–H and O–H groups in total. The van der Waals surface area contributed by atoms with Gasteiger partial charge in [0.25, 0.3) is 0 Å². The maximum absolute atomic E-state index is 11.7. The highest BCUT2D eigenvalue weighted by Gasteiger charge is 2.09. The van der Waals surface area contributed by atoms with E-state index >= 15 is 0 Å². The Morgan fingerprint density at radius 2 is 1.50 bits per heavy atom. The van der Waals surface area contributed by atoms with Gasteiger partial charge in [-0.3, -0.25) is 9.59 Å². The first-order valence-electron chi connectivity index (χ1n) is 9.67. The van der Waals surface area contributed by atoms with Crippen LogP contribution in [0.15, 0.2) is 28.7 Å². The van der Waals surface area contributed by atoms with Crippen molar-refractivity contribution < 1.29 is 19.1 Å². The minimum absolute atomic E-state index is 0.0598. The molecule has 26 heavy (non-hydrogen) atoms. The van der Waals surface area contributed by atoms with E-state index < -0.39 is 0 Å². The van der Waals surface area contributed by atoms with Crippen LogP contribution >= 0.6 is 15.9 Å². The lowest BCUT2D eigenvalue weighted by molar-refractivity contribution is -0.151. The highest BCUT2D eigenvalue weighted by Crippen LogP contribution is 2.13. The van der Waals surface area contributed by atoms with Crippen LogP contribution in [-0.2, 0) is 25.7 Å². The molecule has 0 atom stereocenters. The second-order valence-electron chi connectivity index (χ2n) is 6.49. The molecular weight excluding hydrogens is 396 g/mol. The number of benzene rings is 1. The average molecular weight is 427 g/mol. The van der Waals surface area contributed by atoms with E-state index in [2.05, 4.69) is 22.9 Å². The van der Waals surface area contributed by atoms with Crippen molar-refractivity contribution in [1.82, 2.24) is 0 Å². The van der Waals surface area contributed by atoms with Gasteiger partial charge in [0, 0.05) is 4.47 Å². The van der Waals surface area contributed by atoms with Crippen molar-refractivity contribution in [3.8, 4) is 0 Å². The molecule has 0 fully saturated rings. The number of ether oxygens (including phenoxy) is 2. The summed E-state index contributed by atoms with van der Waals surface area (Å²) in [5.41, 5.74) is 0.907. The molecule has 0 radical (unpaired) electrons. The van der Waals surface area contributed by atoms with Crippen LogP contribution in [-0.4, -0.2) is 18.5 Å². The van der Waals surface area contributed by atoms with E-state index in [1.165, 1.54) is 38.5 Å². The third-order valence-electron chi connectivity index (χ3n) is 4.08. The fraction of sp³-hybridized carbons (Fsp3) is 0.619. The number of hydrogen-bond acceptors (Lipinski definition) is 4. The van der Waals surface area contributed by atoms with Crippen LogP contribution in [0.4, 0.5) is 0 Å². The van der Waals surface area contributed by atoms with Crippen LogP contribution in [0.1, 0.15) is 76.7 Å². The van der Waals surface area contributed by atoms with Crippen molar-refractivity contribution in [1.29, 1.82) is 0 Å². The maximum atomic E-state index is 11.7. The molecule has 5 heteroatoms. The van der Waals surface area contributed by atoms with E-state index in [0.29, 0.717) is 6.61 Å². The Bertz CT molecular complexity index is 530. The van der Waals surface area contributed by atoms with Gasteiger partial charge >= 0.3 is 11.9 Å². The topological polar surface area (TPSA) is 52.6 Å². The number of halogens is 1. The number of carbonyl (C=O) groups is 2. The van der Waals surface area contributed by atoms with Gasteiger partial charge in [0.15, 0.2) is 0 Å². The van der Waals surface area contributed by atoms with Crippen LogP contribution in [0.3, 0.4) is 0 Å². The Labute approximate surface area is 165 Å². The summed E-state index contributed by atoms with van der Waals surface area (Å²) in [4.78, 5) is 23.3. The molecule has 0 heterocycles. The van der Waals surface area contributed by atoms with Crippen LogP contribution in [0.2, 0.25) is 0 Å². The fourth-order valence-corrected chi connectivity index (χ4v) is 3.01. The predicted molar refractivity (Wildman–Crippen MR) is 107 cm³/mol. The van der Waals surface area contributed by atoms with Crippen LogP contribution in [0.25, 0.3) is 0 Å². The lowest BCUT2D eigenvalue weighted by atomic mass is 10.1. The Morgan fingerprint density at radius 1 is 0.885 bits per heavy atom. The van der Waals surface area contributed by atoms with Gasteiger partial charge in [-0.1, -0.05) is 79.9 Å². The van der Waals surface area contributed by atoms with E-state index in [9.17, 15) is 9.59 Å². The molecule has 0 bridgehead atoms. The SMILES string of the molecule is CCCCCCCCCCOC(=O)CCC(=O)OCc1cccc(Br)c1. The van der Waals surface area contributed by atoms with Crippen molar-refractivity contribution in [2.75, 3.05) is 6.61 Å². The molecule has 4 nitrogen and oxygen atoms in total. The molecule has 0 saturated heterocycles. The average Bonchev–Trinajstić information content (AvgIpc) is 2.63. The van der Waals surface area contributed by atoms with E-state index in [4.69, 9.17) is 9.47 Å². The maximum Gasteiger partial charge on any atom is 0.306 e. The third-order valence-corrected chi connectivity index (χ3v) is 4.58. The standard InChI is InChI=1S/C21H31BrO4/c1-2-3-4-5-6-7-8-9-15-25-20(23)13-14-21(24)26-17-18-11-10-12-19(22)16-18/h10-12,16H,2-9,13-15,17H2,1H3. The Morgan fingerprint density at radius 3 is 2.15 bits per heavy atom. The van der Waals surface area contributed by atoms with Crippen molar-refractivity contribution in [3.63, 3.8) is 0 Å². The van der Waals surface area contributed by atoms with Gasteiger partial charge in [-0.15, -0.1) is 0 Å². The number of rotatable bonds is 14. The smallest absolute Gasteiger partial charge is 0.306 e. The predicted octanol–water partition coefficient (Wildman–Crippen LogP) is 5.96. The number of hydrogen-bond donors (Lipinski definition) is 0. The normalized spacial score (nSPS) is 10.5. The zero-order valence-electron chi connectivity index (χ0n) is 15.8. The van der Waals surface area contributed by atoms with Crippen molar-refractivity contribution in [2.24, 2.45) is 0 Å². The van der Waals surface area contributed by atoms with Gasteiger partial charge in [0.2, 0.25) is 0 Å². The molecule has 1 aromatic carbocycles. The Balaban J connectivity index is 1.98. The summed E-state index contributed by atoms with van der Waals surface area (Å²) < 4.78 is 11.3. The lowest BCUT2D eigenvalue weighted by Crippen LogP contribution is -2.11. The molecule has 0 aliphatic heterocycles. The second-order valence-corrected chi connectivity index (χ2v) is 7.40. The van der Waals surface area contributed by atoms with Gasteiger partial charge < -0.3 is 9.47 Å². The Hall–Kier alpha value is -1.36. The summed E-state index contributed by atoms with van der Waals surface area (Å²) in [6.07, 6.45) is 9.80. The van der Waals surface area contributed by atoms with Crippen molar-refractivity contribution in [2.45, 2.75) is 77.7 Å². The molecule has 0 aromatic heterocycles. The summed E-state index contributed by atoms with van der Waals surface area (Å²) in [5.74, 6) is -0.707. The third kappa shape index (κ3) is 12.1. The molecule has 0 saturated carbocycles. The summed E-state index contributed by atoms with van der Waals surface area (Å²) in [6.45, 7) is 2.88. The van der Waals surface area contributed by atoms with Crippen molar-refractivity contribution >= 4 is 27.9 Å². The number of carbonyl (C=O) groups excluding carboxylic acids is 2. The fourth-order valence-electron chi connectivity index (χ4n) is 2.56. The largest absolute Gasteiger partial charge is 0.466 e. The molecule has 0 aliphatic rings. The van der Waals surface area contributed by atoms with Gasteiger partial charge in [-0.25, -0.2) is 0 Å². The monoisotopic (exact) mass is 426 g/mol. The highest BCUT2D eigenvalue weighted by molar-refractivity contribution is 9.10. The molecule has 0 amide bonds. The zero-order valence-corrected chi connectivity index (χ0v) is 17.4. The summed E-state index contributed by atoms with van der Waals surface area (Å²) in [5, 5.41) is 0. The van der Waals surface area contributed by atoms with Crippen LogP contribution in [0.5, 0.6) is 0 Å². The first kappa shape index (κ1) is 22.7. The van der Waals surface area contributed by atoms with Crippen molar-refractivity contribution in [3.05, 3.63) is 34.3 Å². The van der Waals surface area contributed by atoms with E-state index in [1.54, 1.807) is 0 Å². The second kappa shape index (κ2) is 14.8. The van der Waals surface area contributed by atoms with E-state index in [1.807, 2.05) is 24.3 Å². The van der Waals surface area contributed by atoms with Gasteiger partial charge in [0.1, 0.15) is 6.61 Å². The number of esters is 2. The molecule has 0 spiro atoms. The quantitative estimate of drug-likeness (QED) is 0.272. The number of unbranched alkanes of at least 4 members (excludes halogenated alkanes) is 7. The lowest BCUT2D eigenvalue weighted by Gasteiger charge is -2.06. The van der Waals surface area contributed by atoms with Gasteiger partial charge in [0.05, 0.1) is 19.4 Å². The summed E-state index contributed by atoms with van der Waals surface area (Å²) in [7, 11) is 0. The van der Waals surface area contributed by atoms with Gasteiger partial charge in [-0.05, 0) is 24.1 Å². The highest BCUT2D eigenvalue weighted by atomic mass is 79.9.